The van der Waals surface area contributed by atoms with E-state index in [9.17, 15) is 14.9 Å². The Morgan fingerprint density at radius 2 is 2.10 bits per heavy atom. The number of ether oxygens (including phenoxy) is 1. The van der Waals surface area contributed by atoms with Crippen molar-refractivity contribution in [1.82, 2.24) is 9.97 Å². The highest BCUT2D eigenvalue weighted by molar-refractivity contribution is 5.80. The molecule has 1 saturated heterocycles. The molecule has 0 aliphatic carbocycles. The van der Waals surface area contributed by atoms with Crippen LogP contribution in [0.15, 0.2) is 23.0 Å². The van der Waals surface area contributed by atoms with Crippen molar-refractivity contribution in [2.75, 3.05) is 31.2 Å². The summed E-state index contributed by atoms with van der Waals surface area (Å²) in [6.07, 6.45) is 0. The lowest BCUT2D eigenvalue weighted by atomic mass is 10.2. The first-order chi connectivity index (χ1) is 9.65. The number of H-pyrrole nitrogens is 1. The van der Waals surface area contributed by atoms with Gasteiger partial charge in [-0.2, -0.15) is 0 Å². The van der Waals surface area contributed by atoms with Crippen LogP contribution in [0.2, 0.25) is 0 Å². The molecule has 20 heavy (non-hydrogen) atoms. The molecule has 1 aliphatic heterocycles. The van der Waals surface area contributed by atoms with Gasteiger partial charge in [-0.05, 0) is 6.07 Å². The molecule has 1 aromatic carbocycles. The van der Waals surface area contributed by atoms with Crippen molar-refractivity contribution in [3.8, 4) is 0 Å². The normalized spacial score (nSPS) is 15.5. The van der Waals surface area contributed by atoms with Gasteiger partial charge in [-0.15, -0.1) is 0 Å². The second kappa shape index (κ2) is 4.89. The number of nitrogens with zero attached hydrogens (tertiary/aromatic N) is 3. The van der Waals surface area contributed by atoms with E-state index >= 15 is 0 Å². The SMILES string of the molecule is O=c1[nH]c(N2CCOCC2)nc2cc([N+](=O)[O-])ccc12. The summed E-state index contributed by atoms with van der Waals surface area (Å²) in [6, 6.07) is 4.03. The summed E-state index contributed by atoms with van der Waals surface area (Å²) < 4.78 is 5.24. The van der Waals surface area contributed by atoms with Crippen LogP contribution >= 0.6 is 0 Å². The Balaban J connectivity index is 2.10. The van der Waals surface area contributed by atoms with Crippen LogP contribution in [-0.4, -0.2) is 41.2 Å². The zero-order chi connectivity index (χ0) is 14.1. The highest BCUT2D eigenvalue weighted by Crippen LogP contribution is 2.18. The molecule has 0 spiro atoms. The number of anilines is 1. The van der Waals surface area contributed by atoms with E-state index < -0.39 is 4.92 Å². The molecular formula is C12H12N4O4. The zero-order valence-electron chi connectivity index (χ0n) is 10.5. The van der Waals surface area contributed by atoms with E-state index in [1.165, 1.54) is 18.2 Å². The summed E-state index contributed by atoms with van der Waals surface area (Å²) in [5.74, 6) is 0.422. The van der Waals surface area contributed by atoms with Gasteiger partial charge in [0.15, 0.2) is 0 Å². The van der Waals surface area contributed by atoms with Crippen LogP contribution in [0, 0.1) is 10.1 Å². The van der Waals surface area contributed by atoms with E-state index in [4.69, 9.17) is 4.74 Å². The molecular weight excluding hydrogens is 264 g/mol. The molecule has 1 aromatic heterocycles. The van der Waals surface area contributed by atoms with Gasteiger partial charge >= 0.3 is 0 Å². The van der Waals surface area contributed by atoms with Crippen molar-refractivity contribution in [3.63, 3.8) is 0 Å². The Labute approximate surface area is 113 Å². The summed E-state index contributed by atoms with van der Waals surface area (Å²) in [5.41, 5.74) is -0.0561. The summed E-state index contributed by atoms with van der Waals surface area (Å²) in [7, 11) is 0. The van der Waals surface area contributed by atoms with E-state index in [0.29, 0.717) is 43.2 Å². The monoisotopic (exact) mass is 276 g/mol. The van der Waals surface area contributed by atoms with Crippen molar-refractivity contribution < 1.29 is 9.66 Å². The maximum Gasteiger partial charge on any atom is 0.271 e. The topological polar surface area (TPSA) is 101 Å². The molecule has 0 radical (unpaired) electrons. The molecule has 8 heteroatoms. The van der Waals surface area contributed by atoms with Crippen LogP contribution in [0.5, 0.6) is 0 Å². The van der Waals surface area contributed by atoms with Crippen LogP contribution in [0.25, 0.3) is 10.9 Å². The molecule has 1 fully saturated rings. The Kier molecular flexibility index (Phi) is 3.07. The lowest BCUT2D eigenvalue weighted by molar-refractivity contribution is -0.384. The average Bonchev–Trinajstić information content (AvgIpc) is 2.47. The molecule has 3 rings (SSSR count). The van der Waals surface area contributed by atoms with Crippen molar-refractivity contribution in [2.45, 2.75) is 0 Å². The summed E-state index contributed by atoms with van der Waals surface area (Å²) in [5, 5.41) is 11.1. The number of aromatic amines is 1. The van der Waals surface area contributed by atoms with Crippen molar-refractivity contribution in [3.05, 3.63) is 38.7 Å². The molecule has 104 valence electrons. The van der Waals surface area contributed by atoms with E-state index in [-0.39, 0.29) is 11.2 Å². The lowest BCUT2D eigenvalue weighted by Crippen LogP contribution is -2.38. The number of rotatable bonds is 2. The largest absolute Gasteiger partial charge is 0.378 e. The number of nitro benzene ring substituents is 1. The van der Waals surface area contributed by atoms with E-state index in [1.807, 2.05) is 4.90 Å². The number of hydrogen-bond donors (Lipinski definition) is 1. The number of non-ortho nitro benzene ring substituents is 1. The van der Waals surface area contributed by atoms with Gasteiger partial charge < -0.3 is 9.64 Å². The van der Waals surface area contributed by atoms with Crippen LogP contribution in [0.4, 0.5) is 11.6 Å². The van der Waals surface area contributed by atoms with Gasteiger partial charge in [-0.25, -0.2) is 4.98 Å². The number of fused-ring (bicyclic) bond motifs is 1. The van der Waals surface area contributed by atoms with E-state index in [1.54, 1.807) is 0 Å². The smallest absolute Gasteiger partial charge is 0.271 e. The van der Waals surface area contributed by atoms with E-state index in [0.717, 1.165) is 0 Å². The second-order valence-electron chi connectivity index (χ2n) is 4.45. The highest BCUT2D eigenvalue weighted by atomic mass is 16.6. The van der Waals surface area contributed by atoms with Gasteiger partial charge in [0, 0.05) is 25.2 Å². The maximum absolute atomic E-state index is 12.0. The first-order valence-corrected chi connectivity index (χ1v) is 6.16. The van der Waals surface area contributed by atoms with Gasteiger partial charge in [-0.1, -0.05) is 0 Å². The predicted molar refractivity (Wildman–Crippen MR) is 72.1 cm³/mol. The first-order valence-electron chi connectivity index (χ1n) is 6.16. The quantitative estimate of drug-likeness (QED) is 0.639. The minimum Gasteiger partial charge on any atom is -0.378 e. The molecule has 0 amide bonds. The van der Waals surface area contributed by atoms with Gasteiger partial charge in [-0.3, -0.25) is 19.9 Å². The molecule has 0 unspecified atom stereocenters. The van der Waals surface area contributed by atoms with Crippen LogP contribution < -0.4 is 10.5 Å². The first kappa shape index (κ1) is 12.5. The summed E-state index contributed by atoms with van der Waals surface area (Å²) in [6.45, 7) is 2.39. The Hall–Kier alpha value is -2.48. The third-order valence-electron chi connectivity index (χ3n) is 3.20. The number of benzene rings is 1. The minimum atomic E-state index is -0.503. The standard InChI is InChI=1S/C12H12N4O4/c17-11-9-2-1-8(16(18)19)7-10(9)13-12(14-11)15-3-5-20-6-4-15/h1-2,7H,3-6H2,(H,13,14,17). The zero-order valence-corrected chi connectivity index (χ0v) is 10.5. The average molecular weight is 276 g/mol. The van der Waals surface area contributed by atoms with Crippen molar-refractivity contribution in [1.29, 1.82) is 0 Å². The molecule has 0 saturated carbocycles. The number of morpholine rings is 1. The Morgan fingerprint density at radius 3 is 2.80 bits per heavy atom. The lowest BCUT2D eigenvalue weighted by Gasteiger charge is -2.27. The van der Waals surface area contributed by atoms with Crippen LogP contribution in [0.3, 0.4) is 0 Å². The third-order valence-corrected chi connectivity index (χ3v) is 3.20. The molecule has 8 nitrogen and oxygen atoms in total. The molecule has 1 aliphatic rings. The second-order valence-corrected chi connectivity index (χ2v) is 4.45. The van der Waals surface area contributed by atoms with Gasteiger partial charge in [0.05, 0.1) is 29.0 Å². The molecule has 1 N–H and O–H groups in total. The fraction of sp³-hybridized carbons (Fsp3) is 0.333. The van der Waals surface area contributed by atoms with Gasteiger partial charge in [0.2, 0.25) is 5.95 Å². The predicted octanol–water partition coefficient (Wildman–Crippen LogP) is 0.668. The highest BCUT2D eigenvalue weighted by Gasteiger charge is 2.16. The number of nitrogens with one attached hydrogen (secondary N) is 1. The fourth-order valence-corrected chi connectivity index (χ4v) is 2.15. The van der Waals surface area contributed by atoms with Crippen molar-refractivity contribution in [2.24, 2.45) is 0 Å². The van der Waals surface area contributed by atoms with Crippen molar-refractivity contribution >= 4 is 22.5 Å². The summed E-state index contributed by atoms with van der Waals surface area (Å²) in [4.78, 5) is 31.2. The Bertz CT molecular complexity index is 721. The van der Waals surface area contributed by atoms with E-state index in [2.05, 4.69) is 9.97 Å². The molecule has 0 bridgehead atoms. The number of hydrogen-bond acceptors (Lipinski definition) is 6. The maximum atomic E-state index is 12.0. The van der Waals surface area contributed by atoms with Crippen LogP contribution in [-0.2, 0) is 4.74 Å². The molecule has 0 atom stereocenters. The fourth-order valence-electron chi connectivity index (χ4n) is 2.15. The molecule has 2 aromatic rings. The number of nitro groups is 1. The van der Waals surface area contributed by atoms with Gasteiger partial charge in [0.1, 0.15) is 0 Å². The summed E-state index contributed by atoms with van der Waals surface area (Å²) >= 11 is 0. The van der Waals surface area contributed by atoms with Crippen LogP contribution in [0.1, 0.15) is 0 Å². The number of aromatic nitrogens is 2. The third kappa shape index (κ3) is 2.21. The minimum absolute atomic E-state index is 0.0801. The molecule has 2 heterocycles. The Morgan fingerprint density at radius 1 is 1.35 bits per heavy atom. The van der Waals surface area contributed by atoms with Gasteiger partial charge in [0.25, 0.3) is 11.2 Å².